The molecule has 0 saturated carbocycles. The van der Waals surface area contributed by atoms with Crippen molar-refractivity contribution in [3.63, 3.8) is 0 Å². The molecule has 53 heavy (non-hydrogen) atoms. The summed E-state index contributed by atoms with van der Waals surface area (Å²) in [7, 11) is 0. The Morgan fingerprint density at radius 1 is 0.302 bits per heavy atom. The van der Waals surface area contributed by atoms with Crippen molar-refractivity contribution in [2.24, 2.45) is 0 Å². The van der Waals surface area contributed by atoms with E-state index in [1.54, 1.807) is 0 Å². The Hall–Kier alpha value is -7.24. The quantitative estimate of drug-likeness (QED) is 0.187. The molecule has 8 aromatic carbocycles. The zero-order valence-corrected chi connectivity index (χ0v) is 28.5. The van der Waals surface area contributed by atoms with Crippen LogP contribution in [0.5, 0.6) is 0 Å². The van der Waals surface area contributed by atoms with Crippen molar-refractivity contribution in [3.05, 3.63) is 176 Å². The molecule has 12 aromatic rings. The number of fused-ring (bicyclic) bond motifs is 12. The first-order chi connectivity index (χ1) is 26.3. The fourth-order valence-electron chi connectivity index (χ4n) is 8.78. The van der Waals surface area contributed by atoms with Gasteiger partial charge < -0.3 is 4.57 Å². The third-order valence-corrected chi connectivity index (χ3v) is 11.0. The molecule has 5 heteroatoms. The number of benzene rings is 8. The minimum Gasteiger partial charge on any atom is -0.309 e. The highest BCUT2D eigenvalue weighted by Gasteiger charge is 2.24. The van der Waals surface area contributed by atoms with Crippen LogP contribution in [0.3, 0.4) is 0 Å². The molecular formula is C48H29N5. The van der Waals surface area contributed by atoms with Crippen LogP contribution in [0.15, 0.2) is 176 Å². The van der Waals surface area contributed by atoms with E-state index >= 15 is 0 Å². The molecule has 5 nitrogen and oxygen atoms in total. The smallest absolute Gasteiger partial charge is 0.182 e. The molecule has 4 heterocycles. The van der Waals surface area contributed by atoms with Crippen LogP contribution in [-0.4, -0.2) is 23.7 Å². The van der Waals surface area contributed by atoms with E-state index in [1.807, 2.05) is 12.1 Å². The molecule has 4 aromatic heterocycles. The van der Waals surface area contributed by atoms with Gasteiger partial charge in [-0.05, 0) is 65.4 Å². The van der Waals surface area contributed by atoms with Crippen molar-refractivity contribution in [2.45, 2.75) is 0 Å². The number of aromatic nitrogens is 5. The second kappa shape index (κ2) is 10.6. The first-order valence-electron chi connectivity index (χ1n) is 18.0. The number of para-hydroxylation sites is 6. The predicted octanol–water partition coefficient (Wildman–Crippen LogP) is 12.1. The van der Waals surface area contributed by atoms with Crippen LogP contribution in [0.1, 0.15) is 0 Å². The Labute approximate surface area is 303 Å². The average Bonchev–Trinajstić information content (AvgIpc) is 3.86. The number of nitrogens with zero attached hydrogens (tertiary/aromatic N) is 5. The zero-order chi connectivity index (χ0) is 34.6. The molecule has 12 rings (SSSR count). The summed E-state index contributed by atoms with van der Waals surface area (Å²) >= 11 is 0. The van der Waals surface area contributed by atoms with Gasteiger partial charge in [0, 0.05) is 38.0 Å². The molecule has 0 aliphatic rings. The van der Waals surface area contributed by atoms with Gasteiger partial charge in [-0.1, -0.05) is 121 Å². The highest BCUT2D eigenvalue weighted by Crippen LogP contribution is 2.41. The molecule has 0 saturated heterocycles. The van der Waals surface area contributed by atoms with Crippen LogP contribution in [0, 0.1) is 0 Å². The van der Waals surface area contributed by atoms with E-state index in [4.69, 9.17) is 9.97 Å². The fourth-order valence-corrected chi connectivity index (χ4v) is 8.78. The highest BCUT2D eigenvalue weighted by atomic mass is 15.2. The lowest BCUT2D eigenvalue weighted by atomic mass is 10.0. The lowest BCUT2D eigenvalue weighted by molar-refractivity contribution is 0.995. The van der Waals surface area contributed by atoms with Gasteiger partial charge in [0.05, 0.1) is 44.1 Å². The molecule has 0 N–H and O–H groups in total. The zero-order valence-electron chi connectivity index (χ0n) is 28.5. The molecule has 0 spiro atoms. The topological polar surface area (TPSA) is 40.6 Å². The van der Waals surface area contributed by atoms with E-state index in [-0.39, 0.29) is 0 Å². The van der Waals surface area contributed by atoms with Gasteiger partial charge in [-0.2, -0.15) is 0 Å². The third kappa shape index (κ3) is 3.91. The maximum Gasteiger partial charge on any atom is 0.182 e. The predicted molar refractivity (Wildman–Crippen MR) is 220 cm³/mol. The Balaban J connectivity index is 1.27. The van der Waals surface area contributed by atoms with Crippen LogP contribution < -0.4 is 0 Å². The lowest BCUT2D eigenvalue weighted by Crippen LogP contribution is -2.09. The molecule has 0 fully saturated rings. The van der Waals surface area contributed by atoms with Gasteiger partial charge in [-0.25, -0.2) is 9.97 Å². The van der Waals surface area contributed by atoms with Gasteiger partial charge in [0.15, 0.2) is 11.6 Å². The van der Waals surface area contributed by atoms with Gasteiger partial charge in [0.2, 0.25) is 0 Å². The van der Waals surface area contributed by atoms with Crippen molar-refractivity contribution < 1.29 is 0 Å². The monoisotopic (exact) mass is 675 g/mol. The molecular weight excluding hydrogens is 647 g/mol. The fraction of sp³-hybridized carbons (Fsp3) is 0. The number of hydrogen-bond donors (Lipinski definition) is 0. The number of hydrogen-bond acceptors (Lipinski definition) is 2. The van der Waals surface area contributed by atoms with Gasteiger partial charge in [0.1, 0.15) is 0 Å². The minimum absolute atomic E-state index is 0.782. The summed E-state index contributed by atoms with van der Waals surface area (Å²) in [4.78, 5) is 11.0. The summed E-state index contributed by atoms with van der Waals surface area (Å²) in [5.41, 5.74) is 9.50. The van der Waals surface area contributed by atoms with Crippen LogP contribution in [-0.2, 0) is 0 Å². The first kappa shape index (κ1) is 28.5. The molecule has 0 bridgehead atoms. The molecule has 0 aliphatic heterocycles. The van der Waals surface area contributed by atoms with E-state index in [2.05, 4.69) is 177 Å². The van der Waals surface area contributed by atoms with Crippen molar-refractivity contribution in [1.82, 2.24) is 23.7 Å². The standard InChI is InChI=1S/C48H29N5/c1-2-14-32-30(13-1)25-28-44-46(32)37-27-26-31(51-40-21-9-3-15-33(40)34-16-4-10-22-41(34)51)29-45(37)53(44)48-47(49-38-19-7-8-20-39(38)50-48)52-42-23-11-5-17-35(42)36-18-6-12-24-43(36)52/h1-29H. The SMILES string of the molecule is c1ccc2c(c1)ccc1c2c2ccc(-n3c4ccccc4c4ccccc43)cc2n1-c1nc2ccccc2nc1-n1c2ccccc2c2ccccc21. The Morgan fingerprint density at radius 3 is 1.32 bits per heavy atom. The molecule has 0 radical (unpaired) electrons. The summed E-state index contributed by atoms with van der Waals surface area (Å²) in [6, 6.07) is 62.9. The Morgan fingerprint density at radius 2 is 0.755 bits per heavy atom. The van der Waals surface area contributed by atoms with Gasteiger partial charge >= 0.3 is 0 Å². The summed E-state index contributed by atoms with van der Waals surface area (Å²) in [6.07, 6.45) is 0. The summed E-state index contributed by atoms with van der Waals surface area (Å²) in [5, 5.41) is 9.65. The summed E-state index contributed by atoms with van der Waals surface area (Å²) in [5.74, 6) is 1.57. The molecule has 0 amide bonds. The van der Waals surface area contributed by atoms with Gasteiger partial charge in [-0.15, -0.1) is 0 Å². The van der Waals surface area contributed by atoms with E-state index in [0.29, 0.717) is 0 Å². The third-order valence-electron chi connectivity index (χ3n) is 11.0. The normalized spacial score (nSPS) is 12.2. The van der Waals surface area contributed by atoms with Crippen molar-refractivity contribution in [3.8, 4) is 17.3 Å². The van der Waals surface area contributed by atoms with E-state index in [1.165, 1.54) is 54.1 Å². The van der Waals surface area contributed by atoms with E-state index in [9.17, 15) is 0 Å². The molecule has 0 aliphatic carbocycles. The largest absolute Gasteiger partial charge is 0.309 e. The first-order valence-corrected chi connectivity index (χ1v) is 18.0. The lowest BCUT2D eigenvalue weighted by Gasteiger charge is -2.16. The summed E-state index contributed by atoms with van der Waals surface area (Å²) in [6.45, 7) is 0. The van der Waals surface area contributed by atoms with E-state index < -0.39 is 0 Å². The van der Waals surface area contributed by atoms with Crippen LogP contribution in [0.25, 0.3) is 105 Å². The van der Waals surface area contributed by atoms with Crippen molar-refractivity contribution >= 4 is 87.2 Å². The van der Waals surface area contributed by atoms with Crippen LogP contribution >= 0.6 is 0 Å². The Bertz CT molecular complexity index is 3360. The van der Waals surface area contributed by atoms with Gasteiger partial charge in [0.25, 0.3) is 0 Å². The second-order valence-electron chi connectivity index (χ2n) is 13.8. The molecule has 246 valence electrons. The van der Waals surface area contributed by atoms with Crippen molar-refractivity contribution in [2.75, 3.05) is 0 Å². The molecule has 0 atom stereocenters. The van der Waals surface area contributed by atoms with E-state index in [0.717, 1.165) is 50.4 Å². The Kier molecular flexibility index (Phi) is 5.71. The van der Waals surface area contributed by atoms with Gasteiger partial charge in [-0.3, -0.25) is 9.13 Å². The maximum absolute atomic E-state index is 5.53. The average molecular weight is 676 g/mol. The number of rotatable bonds is 3. The summed E-state index contributed by atoms with van der Waals surface area (Å²) < 4.78 is 7.05. The molecule has 0 unspecified atom stereocenters. The highest BCUT2D eigenvalue weighted by molar-refractivity contribution is 6.22. The van der Waals surface area contributed by atoms with Crippen molar-refractivity contribution in [1.29, 1.82) is 0 Å². The minimum atomic E-state index is 0.782. The maximum atomic E-state index is 5.53. The second-order valence-corrected chi connectivity index (χ2v) is 13.8. The van der Waals surface area contributed by atoms with Crippen LogP contribution in [0.2, 0.25) is 0 Å². The van der Waals surface area contributed by atoms with Crippen LogP contribution in [0.4, 0.5) is 0 Å².